The van der Waals surface area contributed by atoms with Crippen LogP contribution in [0.1, 0.15) is 25.3 Å². The number of nitrogens with zero attached hydrogens (tertiary/aromatic N) is 6. The van der Waals surface area contributed by atoms with Crippen molar-refractivity contribution in [3.8, 4) is 22.8 Å². The average molecular weight is 588 g/mol. The molecule has 12 heteroatoms. The van der Waals surface area contributed by atoms with Crippen LogP contribution in [-0.2, 0) is 4.79 Å². The van der Waals surface area contributed by atoms with Crippen molar-refractivity contribution < 1.29 is 18.7 Å². The van der Waals surface area contributed by atoms with Crippen LogP contribution in [0.4, 0.5) is 26.2 Å². The van der Waals surface area contributed by atoms with Crippen molar-refractivity contribution in [2.75, 3.05) is 42.1 Å². The van der Waals surface area contributed by atoms with E-state index in [1.165, 1.54) is 35.1 Å². The molecule has 1 N–H and O–H groups in total. The smallest absolute Gasteiger partial charge is 0.347 e. The number of hydrogen-bond donors (Lipinski definition) is 1. The molecule has 2 heterocycles. The summed E-state index contributed by atoms with van der Waals surface area (Å²) in [5, 5.41) is 7.16. The number of amidine groups is 1. The molecule has 1 aliphatic heterocycles. The third-order valence-electron chi connectivity index (χ3n) is 6.65. The molecule has 1 aliphatic rings. The average Bonchev–Trinajstić information content (AvgIpc) is 3.61. The molecule has 1 saturated heterocycles. The topological polar surface area (TPSA) is 105 Å². The third-order valence-corrected chi connectivity index (χ3v) is 7.58. The van der Waals surface area contributed by atoms with Crippen molar-refractivity contribution in [2.45, 2.75) is 19.8 Å². The summed E-state index contributed by atoms with van der Waals surface area (Å²) in [6.07, 6.45) is 1.53. The Morgan fingerprint density at radius 3 is 2.55 bits per heavy atom. The van der Waals surface area contributed by atoms with E-state index in [1.807, 2.05) is 63.2 Å². The van der Waals surface area contributed by atoms with E-state index in [1.54, 1.807) is 30.0 Å². The van der Waals surface area contributed by atoms with Gasteiger partial charge in [0, 0.05) is 25.3 Å². The standard InChI is InChI=1S/C30H30FN7O3S/c1-18(2)23-12-9-21(36(3)4)15-26(23)38-27(39)16-42-30(38)34-29(40)33-25-13-6-19(14-24(25)31)28-32-17-37(35-28)20-7-10-22(41-5)11-8-20/h6-15,17-18H,16H2,1-5H3,(H,33,40). The highest BCUT2D eigenvalue weighted by atomic mass is 32.2. The van der Waals surface area contributed by atoms with Gasteiger partial charge in [0.1, 0.15) is 17.9 Å². The maximum Gasteiger partial charge on any atom is 0.347 e. The molecule has 3 aromatic carbocycles. The molecule has 0 spiro atoms. The Morgan fingerprint density at radius 1 is 1.12 bits per heavy atom. The van der Waals surface area contributed by atoms with Crippen molar-refractivity contribution in [3.63, 3.8) is 0 Å². The van der Waals surface area contributed by atoms with Gasteiger partial charge in [-0.2, -0.15) is 4.99 Å². The summed E-state index contributed by atoms with van der Waals surface area (Å²) in [5.41, 5.74) is 3.69. The molecule has 0 atom stereocenters. The largest absolute Gasteiger partial charge is 0.497 e. The number of rotatable bonds is 7. The zero-order valence-corrected chi connectivity index (χ0v) is 24.6. The van der Waals surface area contributed by atoms with Gasteiger partial charge in [0.25, 0.3) is 0 Å². The predicted octanol–water partition coefficient (Wildman–Crippen LogP) is 5.94. The van der Waals surface area contributed by atoms with Gasteiger partial charge in [-0.05, 0) is 66.1 Å². The van der Waals surface area contributed by atoms with E-state index in [0.29, 0.717) is 22.8 Å². The molecule has 0 bridgehead atoms. The number of halogens is 1. The fraction of sp³-hybridized carbons (Fsp3) is 0.233. The minimum Gasteiger partial charge on any atom is -0.497 e. The normalized spacial score (nSPS) is 14.1. The van der Waals surface area contributed by atoms with Crippen molar-refractivity contribution in [1.82, 2.24) is 14.8 Å². The molecule has 10 nitrogen and oxygen atoms in total. The summed E-state index contributed by atoms with van der Waals surface area (Å²) in [7, 11) is 5.42. The second-order valence-corrected chi connectivity index (χ2v) is 11.0. The molecule has 42 heavy (non-hydrogen) atoms. The van der Waals surface area contributed by atoms with E-state index in [4.69, 9.17) is 4.74 Å². The number of thioether (sulfide) groups is 1. The number of ether oxygens (including phenoxy) is 1. The number of benzene rings is 3. The van der Waals surface area contributed by atoms with Crippen molar-refractivity contribution in [3.05, 3.63) is 78.4 Å². The zero-order valence-electron chi connectivity index (χ0n) is 23.8. The highest BCUT2D eigenvalue weighted by molar-refractivity contribution is 8.15. The van der Waals surface area contributed by atoms with Gasteiger partial charge in [-0.3, -0.25) is 9.69 Å². The molecule has 0 radical (unpaired) electrons. The molecular formula is C30H30FN7O3S. The van der Waals surface area contributed by atoms with Crippen LogP contribution < -0.4 is 19.9 Å². The fourth-order valence-corrected chi connectivity index (χ4v) is 5.27. The quantitative estimate of drug-likeness (QED) is 0.285. The van der Waals surface area contributed by atoms with Gasteiger partial charge < -0.3 is 15.0 Å². The summed E-state index contributed by atoms with van der Waals surface area (Å²) in [6, 6.07) is 16.7. The molecule has 0 aliphatic carbocycles. The van der Waals surface area contributed by atoms with Gasteiger partial charge in [-0.1, -0.05) is 31.7 Å². The van der Waals surface area contributed by atoms with Crippen LogP contribution in [0.2, 0.25) is 0 Å². The van der Waals surface area contributed by atoms with Gasteiger partial charge in [-0.15, -0.1) is 5.10 Å². The lowest BCUT2D eigenvalue weighted by Gasteiger charge is -2.24. The number of carbonyl (C=O) groups is 2. The maximum atomic E-state index is 15.1. The van der Waals surface area contributed by atoms with Gasteiger partial charge >= 0.3 is 6.03 Å². The lowest BCUT2D eigenvalue weighted by molar-refractivity contribution is -0.115. The van der Waals surface area contributed by atoms with E-state index in [9.17, 15) is 9.59 Å². The molecule has 1 fully saturated rings. The number of urea groups is 1. The van der Waals surface area contributed by atoms with Crippen LogP contribution in [0.15, 0.2) is 72.0 Å². The first-order valence-corrected chi connectivity index (χ1v) is 14.2. The first kappa shape index (κ1) is 28.8. The summed E-state index contributed by atoms with van der Waals surface area (Å²) in [5.74, 6) is 0.467. The zero-order chi connectivity index (χ0) is 30.0. The summed E-state index contributed by atoms with van der Waals surface area (Å²) in [6.45, 7) is 4.08. The highest BCUT2D eigenvalue weighted by Crippen LogP contribution is 2.36. The van der Waals surface area contributed by atoms with Gasteiger partial charge in [0.2, 0.25) is 5.91 Å². The molecule has 216 valence electrons. The van der Waals surface area contributed by atoms with E-state index >= 15 is 4.39 Å². The van der Waals surface area contributed by atoms with Crippen LogP contribution in [0.5, 0.6) is 5.75 Å². The first-order chi connectivity index (χ1) is 20.1. The number of aliphatic imine (C=N–C) groups is 1. The molecule has 5 rings (SSSR count). The number of methoxy groups -OCH3 is 1. The van der Waals surface area contributed by atoms with Crippen molar-refractivity contribution in [2.24, 2.45) is 4.99 Å². The van der Waals surface area contributed by atoms with Gasteiger partial charge in [-0.25, -0.2) is 18.9 Å². The highest BCUT2D eigenvalue weighted by Gasteiger charge is 2.33. The summed E-state index contributed by atoms with van der Waals surface area (Å²) < 4.78 is 21.8. The van der Waals surface area contributed by atoms with Crippen LogP contribution >= 0.6 is 11.8 Å². The number of anilines is 3. The Balaban J connectivity index is 1.35. The Bertz CT molecular complexity index is 1670. The number of amides is 3. The Labute approximate surface area is 247 Å². The SMILES string of the molecule is COc1ccc(-n2cnc(-c3ccc(NC(=O)N=C4SCC(=O)N4c4cc(N(C)C)ccc4C(C)C)c(F)c3)n2)cc1. The molecule has 4 aromatic rings. The molecule has 1 aromatic heterocycles. The number of aromatic nitrogens is 3. The fourth-order valence-electron chi connectivity index (χ4n) is 4.41. The summed E-state index contributed by atoms with van der Waals surface area (Å²) in [4.78, 5) is 37.7. The van der Waals surface area contributed by atoms with Crippen molar-refractivity contribution in [1.29, 1.82) is 0 Å². The summed E-state index contributed by atoms with van der Waals surface area (Å²) >= 11 is 1.17. The number of hydrogen-bond acceptors (Lipinski definition) is 7. The van der Waals surface area contributed by atoms with Crippen LogP contribution in [0, 0.1) is 5.82 Å². The number of carbonyl (C=O) groups excluding carboxylic acids is 2. The van der Waals surface area contributed by atoms with E-state index in [0.717, 1.165) is 16.9 Å². The van der Waals surface area contributed by atoms with Gasteiger partial charge in [0.05, 0.1) is 29.9 Å². The monoisotopic (exact) mass is 587 g/mol. The third kappa shape index (κ3) is 5.98. The van der Waals surface area contributed by atoms with Crippen molar-refractivity contribution >= 4 is 45.9 Å². The second kappa shape index (κ2) is 12.0. The van der Waals surface area contributed by atoms with E-state index in [2.05, 4.69) is 20.4 Å². The number of nitrogens with one attached hydrogen (secondary N) is 1. The maximum absolute atomic E-state index is 15.1. The molecule has 0 saturated carbocycles. The van der Waals surface area contributed by atoms with E-state index in [-0.39, 0.29) is 28.4 Å². The van der Waals surface area contributed by atoms with E-state index < -0.39 is 11.8 Å². The predicted molar refractivity (Wildman–Crippen MR) is 165 cm³/mol. The molecule has 0 unspecified atom stereocenters. The minimum atomic E-state index is -0.791. The second-order valence-electron chi connectivity index (χ2n) is 10.0. The minimum absolute atomic E-state index is 0.0546. The first-order valence-electron chi connectivity index (χ1n) is 13.2. The van der Waals surface area contributed by atoms with Crippen LogP contribution in [-0.4, -0.2) is 58.8 Å². The Hall–Kier alpha value is -4.71. The van der Waals surface area contributed by atoms with Gasteiger partial charge in [0.15, 0.2) is 11.0 Å². The van der Waals surface area contributed by atoms with Crippen LogP contribution in [0.25, 0.3) is 17.1 Å². The lowest BCUT2D eigenvalue weighted by atomic mass is 9.99. The van der Waals surface area contributed by atoms with Crippen LogP contribution in [0.3, 0.4) is 0 Å². The lowest BCUT2D eigenvalue weighted by Crippen LogP contribution is -2.31. The molecule has 3 amide bonds. The Morgan fingerprint density at radius 2 is 1.88 bits per heavy atom. The Kier molecular flexibility index (Phi) is 8.25. The molecular weight excluding hydrogens is 557 g/mol.